The highest BCUT2D eigenvalue weighted by molar-refractivity contribution is 5.93. The first-order valence-electron chi connectivity index (χ1n) is 7.52. The van der Waals surface area contributed by atoms with Crippen molar-refractivity contribution in [1.82, 2.24) is 14.9 Å². The molecule has 1 aromatic heterocycles. The largest absolute Gasteiger partial charge is 0.491 e. The number of likely N-dealkylation sites (tertiary alicyclic amines) is 1. The Kier molecular flexibility index (Phi) is 4.25. The van der Waals surface area contributed by atoms with Gasteiger partial charge in [0.2, 0.25) is 0 Å². The summed E-state index contributed by atoms with van der Waals surface area (Å²) >= 11 is 0. The number of hydrogen-bond donors (Lipinski definition) is 1. The van der Waals surface area contributed by atoms with Gasteiger partial charge in [-0.05, 0) is 31.0 Å². The summed E-state index contributed by atoms with van der Waals surface area (Å²) in [5, 5.41) is 10.6. The van der Waals surface area contributed by atoms with E-state index in [-0.39, 0.29) is 19.1 Å². The lowest BCUT2D eigenvalue weighted by atomic mass is 10.1. The van der Waals surface area contributed by atoms with Gasteiger partial charge >= 0.3 is 0 Å². The quantitative estimate of drug-likeness (QED) is 0.924. The van der Waals surface area contributed by atoms with Gasteiger partial charge in [0.1, 0.15) is 24.3 Å². The van der Waals surface area contributed by atoms with Crippen LogP contribution in [-0.2, 0) is 0 Å². The molecule has 0 unspecified atom stereocenters. The molecule has 2 aromatic rings. The third-order valence-corrected chi connectivity index (χ3v) is 3.92. The van der Waals surface area contributed by atoms with Crippen molar-refractivity contribution in [3.8, 4) is 5.75 Å². The van der Waals surface area contributed by atoms with Crippen molar-refractivity contribution in [3.63, 3.8) is 0 Å². The minimum absolute atomic E-state index is 0.158. The van der Waals surface area contributed by atoms with E-state index in [0.29, 0.717) is 18.5 Å². The predicted octanol–water partition coefficient (Wildman–Crippen LogP) is 1.44. The molecule has 1 fully saturated rings. The number of aromatic nitrogens is 2. The molecule has 1 atom stereocenters. The zero-order valence-corrected chi connectivity index (χ0v) is 13.0. The predicted molar refractivity (Wildman–Crippen MR) is 84.2 cm³/mol. The van der Waals surface area contributed by atoms with Gasteiger partial charge in [0.25, 0.3) is 5.91 Å². The fraction of sp³-hybridized carbons (Fsp3) is 0.353. The van der Waals surface area contributed by atoms with Crippen molar-refractivity contribution in [2.45, 2.75) is 18.9 Å². The summed E-state index contributed by atoms with van der Waals surface area (Å²) in [6.45, 7) is 2.87. The SMILES string of the molecule is Cc1cccc(OC[C@]2(O)CCN(C(=O)c3cncnc3)C2)c1. The van der Waals surface area contributed by atoms with Gasteiger partial charge in [-0.3, -0.25) is 4.79 Å². The molecule has 1 aromatic carbocycles. The zero-order valence-electron chi connectivity index (χ0n) is 13.0. The molecule has 120 valence electrons. The maximum absolute atomic E-state index is 12.3. The molecular formula is C17H19N3O3. The number of hydrogen-bond acceptors (Lipinski definition) is 5. The topological polar surface area (TPSA) is 75.6 Å². The van der Waals surface area contributed by atoms with Crippen LogP contribution in [0.5, 0.6) is 5.75 Å². The van der Waals surface area contributed by atoms with Gasteiger partial charge in [-0.1, -0.05) is 12.1 Å². The molecular weight excluding hydrogens is 294 g/mol. The normalized spacial score (nSPS) is 20.5. The van der Waals surface area contributed by atoms with Gasteiger partial charge in [0.15, 0.2) is 0 Å². The number of carbonyl (C=O) groups is 1. The van der Waals surface area contributed by atoms with Crippen molar-refractivity contribution in [2.24, 2.45) is 0 Å². The second kappa shape index (κ2) is 6.34. The molecule has 1 saturated heterocycles. The number of benzene rings is 1. The zero-order chi connectivity index (χ0) is 16.3. The first-order chi connectivity index (χ1) is 11.1. The monoisotopic (exact) mass is 313 g/mol. The smallest absolute Gasteiger partial charge is 0.257 e. The molecule has 3 rings (SSSR count). The first kappa shape index (κ1) is 15.4. The molecule has 1 amide bonds. The van der Waals surface area contributed by atoms with Gasteiger partial charge in [-0.2, -0.15) is 0 Å². The molecule has 0 radical (unpaired) electrons. The number of β-amino-alcohol motifs (C(OH)–C–C–N with tert-alkyl or cyclic N) is 1. The Balaban J connectivity index is 1.60. The van der Waals surface area contributed by atoms with Crippen LogP contribution in [-0.4, -0.2) is 51.2 Å². The highest BCUT2D eigenvalue weighted by atomic mass is 16.5. The average Bonchev–Trinajstić information content (AvgIpc) is 2.96. The Morgan fingerprint density at radius 3 is 2.91 bits per heavy atom. The Labute approximate surface area is 134 Å². The van der Waals surface area contributed by atoms with Crippen LogP contribution in [0, 0.1) is 6.92 Å². The number of rotatable bonds is 4. The standard InChI is InChI=1S/C17H19N3O3/c1-13-3-2-4-15(7-13)23-11-17(22)5-6-20(10-17)16(21)14-8-18-12-19-9-14/h2-4,7-9,12,22H,5-6,10-11H2,1H3/t17-/m0/s1. The maximum atomic E-state index is 12.3. The van der Waals surface area contributed by atoms with Crippen LogP contribution in [0.3, 0.4) is 0 Å². The lowest BCUT2D eigenvalue weighted by molar-refractivity contribution is 0.00428. The van der Waals surface area contributed by atoms with E-state index in [9.17, 15) is 9.90 Å². The first-order valence-corrected chi connectivity index (χ1v) is 7.52. The van der Waals surface area contributed by atoms with Crippen LogP contribution >= 0.6 is 0 Å². The Morgan fingerprint density at radius 1 is 1.39 bits per heavy atom. The molecule has 0 saturated carbocycles. The molecule has 6 heteroatoms. The van der Waals surface area contributed by atoms with Gasteiger partial charge in [-0.25, -0.2) is 9.97 Å². The average molecular weight is 313 g/mol. The fourth-order valence-electron chi connectivity index (χ4n) is 2.66. The van der Waals surface area contributed by atoms with Crippen LogP contribution in [0.25, 0.3) is 0 Å². The third-order valence-electron chi connectivity index (χ3n) is 3.92. The Morgan fingerprint density at radius 2 is 2.17 bits per heavy atom. The van der Waals surface area contributed by atoms with E-state index >= 15 is 0 Å². The van der Waals surface area contributed by atoms with E-state index in [0.717, 1.165) is 11.3 Å². The number of carbonyl (C=O) groups excluding carboxylic acids is 1. The maximum Gasteiger partial charge on any atom is 0.257 e. The number of ether oxygens (including phenoxy) is 1. The molecule has 0 aliphatic carbocycles. The highest BCUT2D eigenvalue weighted by Crippen LogP contribution is 2.24. The molecule has 2 heterocycles. The van der Waals surface area contributed by atoms with E-state index in [1.807, 2.05) is 31.2 Å². The summed E-state index contributed by atoms with van der Waals surface area (Å²) < 4.78 is 5.69. The molecule has 1 aliphatic rings. The molecule has 6 nitrogen and oxygen atoms in total. The molecule has 0 bridgehead atoms. The number of aryl methyl sites for hydroxylation is 1. The summed E-state index contributed by atoms with van der Waals surface area (Å²) in [4.78, 5) is 21.7. The molecule has 1 N–H and O–H groups in total. The van der Waals surface area contributed by atoms with Gasteiger partial charge in [-0.15, -0.1) is 0 Å². The summed E-state index contributed by atoms with van der Waals surface area (Å²) in [5.41, 5.74) is 0.493. The second-order valence-electron chi connectivity index (χ2n) is 5.93. The van der Waals surface area contributed by atoms with E-state index in [1.54, 1.807) is 4.90 Å². The van der Waals surface area contributed by atoms with Crippen molar-refractivity contribution in [1.29, 1.82) is 0 Å². The van der Waals surface area contributed by atoms with Crippen LogP contribution in [0.2, 0.25) is 0 Å². The van der Waals surface area contributed by atoms with Crippen molar-refractivity contribution >= 4 is 5.91 Å². The summed E-state index contributed by atoms with van der Waals surface area (Å²) in [5.74, 6) is 0.553. The second-order valence-corrected chi connectivity index (χ2v) is 5.93. The van der Waals surface area contributed by atoms with Crippen LogP contribution in [0.4, 0.5) is 0 Å². The molecule has 23 heavy (non-hydrogen) atoms. The van der Waals surface area contributed by atoms with E-state index < -0.39 is 5.60 Å². The number of amides is 1. The van der Waals surface area contributed by atoms with Crippen molar-refractivity contribution < 1.29 is 14.6 Å². The highest BCUT2D eigenvalue weighted by Gasteiger charge is 2.39. The van der Waals surface area contributed by atoms with Crippen molar-refractivity contribution in [3.05, 3.63) is 54.1 Å². The summed E-state index contributed by atoms with van der Waals surface area (Å²) in [6, 6.07) is 7.67. The van der Waals surface area contributed by atoms with E-state index in [1.165, 1.54) is 18.7 Å². The summed E-state index contributed by atoms with van der Waals surface area (Å²) in [7, 11) is 0. The Bertz CT molecular complexity index is 692. The number of nitrogens with zero attached hydrogens (tertiary/aromatic N) is 3. The minimum atomic E-state index is -1.03. The van der Waals surface area contributed by atoms with Crippen molar-refractivity contribution in [2.75, 3.05) is 19.7 Å². The third kappa shape index (κ3) is 3.65. The molecule has 1 aliphatic heterocycles. The van der Waals surface area contributed by atoms with Gasteiger partial charge < -0.3 is 14.7 Å². The number of aliphatic hydroxyl groups is 1. The lowest BCUT2D eigenvalue weighted by Crippen LogP contribution is -2.40. The summed E-state index contributed by atoms with van der Waals surface area (Å²) in [6.07, 6.45) is 4.83. The van der Waals surface area contributed by atoms with Crippen LogP contribution in [0.15, 0.2) is 43.0 Å². The van der Waals surface area contributed by atoms with Gasteiger partial charge in [0.05, 0.1) is 12.1 Å². The fourth-order valence-corrected chi connectivity index (χ4v) is 2.66. The van der Waals surface area contributed by atoms with Crippen LogP contribution < -0.4 is 4.74 Å². The van der Waals surface area contributed by atoms with E-state index in [2.05, 4.69) is 9.97 Å². The Hall–Kier alpha value is -2.47. The lowest BCUT2D eigenvalue weighted by Gasteiger charge is -2.23. The van der Waals surface area contributed by atoms with Gasteiger partial charge in [0, 0.05) is 18.9 Å². The minimum Gasteiger partial charge on any atom is -0.491 e. The van der Waals surface area contributed by atoms with Crippen LogP contribution in [0.1, 0.15) is 22.3 Å². The van der Waals surface area contributed by atoms with E-state index in [4.69, 9.17) is 4.74 Å². The molecule has 0 spiro atoms.